The van der Waals surface area contributed by atoms with E-state index in [-0.39, 0.29) is 0 Å². The largest absolute Gasteiger partial charge is 0.378 e. The Kier molecular flexibility index (Phi) is 7.31. The number of morpholine rings is 1. The van der Waals surface area contributed by atoms with Crippen LogP contribution >= 0.6 is 0 Å². The molecule has 0 amide bonds. The second-order valence-corrected chi connectivity index (χ2v) is 7.21. The van der Waals surface area contributed by atoms with Gasteiger partial charge in [-0.05, 0) is 43.5 Å². The number of rotatable bonds is 6. The fourth-order valence-corrected chi connectivity index (χ4v) is 3.49. The number of aryl methyl sites for hydroxylation is 2. The Hall–Kier alpha value is -2.53. The van der Waals surface area contributed by atoms with Crippen molar-refractivity contribution in [1.29, 1.82) is 0 Å². The first-order chi connectivity index (χ1) is 13.7. The van der Waals surface area contributed by atoms with Crippen LogP contribution in [0.15, 0.2) is 47.5 Å². The van der Waals surface area contributed by atoms with Gasteiger partial charge in [0.1, 0.15) is 0 Å². The number of nitrogens with zero attached hydrogens (tertiary/aromatic N) is 2. The lowest BCUT2D eigenvalue weighted by Gasteiger charge is -2.30. The molecular weight excluding hydrogens is 348 g/mol. The zero-order valence-electron chi connectivity index (χ0n) is 17.3. The fraction of sp³-hybridized carbons (Fsp3) is 0.435. The maximum absolute atomic E-state index is 5.49. The van der Waals surface area contributed by atoms with Crippen LogP contribution in [0.3, 0.4) is 0 Å². The van der Waals surface area contributed by atoms with Crippen molar-refractivity contribution in [2.45, 2.75) is 33.9 Å². The highest BCUT2D eigenvalue weighted by atomic mass is 16.5. The van der Waals surface area contributed by atoms with Crippen LogP contribution in [-0.2, 0) is 17.8 Å². The number of guanidine groups is 1. The molecule has 5 heteroatoms. The predicted molar refractivity (Wildman–Crippen MR) is 117 cm³/mol. The Balaban J connectivity index is 1.69. The minimum Gasteiger partial charge on any atom is -0.378 e. The first kappa shape index (κ1) is 20.2. The van der Waals surface area contributed by atoms with Crippen molar-refractivity contribution in [3.8, 4) is 0 Å². The van der Waals surface area contributed by atoms with Crippen molar-refractivity contribution in [1.82, 2.24) is 10.6 Å². The van der Waals surface area contributed by atoms with Crippen LogP contribution in [0, 0.1) is 13.8 Å². The predicted octanol–water partition coefficient (Wildman–Crippen LogP) is 3.40. The molecule has 0 aliphatic carbocycles. The quantitative estimate of drug-likeness (QED) is 0.596. The molecule has 1 fully saturated rings. The molecule has 0 atom stereocenters. The third-order valence-electron chi connectivity index (χ3n) is 5.04. The number of ether oxygens (including phenoxy) is 1. The Morgan fingerprint density at radius 2 is 1.82 bits per heavy atom. The molecule has 2 N–H and O–H groups in total. The summed E-state index contributed by atoms with van der Waals surface area (Å²) in [6, 6.07) is 15.1. The maximum Gasteiger partial charge on any atom is 0.191 e. The maximum atomic E-state index is 5.49. The second-order valence-electron chi connectivity index (χ2n) is 7.21. The molecule has 0 aromatic heterocycles. The van der Waals surface area contributed by atoms with Gasteiger partial charge in [0, 0.05) is 31.9 Å². The summed E-state index contributed by atoms with van der Waals surface area (Å²) in [6.45, 7) is 12.1. The van der Waals surface area contributed by atoms with Gasteiger partial charge >= 0.3 is 0 Å². The molecule has 2 aromatic carbocycles. The molecular formula is C23H32N4O. The van der Waals surface area contributed by atoms with Crippen LogP contribution in [0.1, 0.15) is 29.2 Å². The van der Waals surface area contributed by atoms with Gasteiger partial charge in [-0.25, -0.2) is 4.99 Å². The molecule has 0 saturated carbocycles. The van der Waals surface area contributed by atoms with Crippen LogP contribution in [0.4, 0.5) is 5.69 Å². The highest BCUT2D eigenvalue weighted by molar-refractivity contribution is 5.79. The van der Waals surface area contributed by atoms with Gasteiger partial charge in [-0.3, -0.25) is 0 Å². The molecule has 1 heterocycles. The first-order valence-electron chi connectivity index (χ1n) is 10.2. The number of anilines is 1. The van der Waals surface area contributed by atoms with Crippen molar-refractivity contribution >= 4 is 11.6 Å². The molecule has 0 radical (unpaired) electrons. The molecule has 28 heavy (non-hydrogen) atoms. The molecule has 1 saturated heterocycles. The third-order valence-corrected chi connectivity index (χ3v) is 5.04. The first-order valence-corrected chi connectivity index (χ1v) is 10.2. The highest BCUT2D eigenvalue weighted by Crippen LogP contribution is 2.22. The molecule has 0 spiro atoms. The van der Waals surface area contributed by atoms with Crippen molar-refractivity contribution in [3.63, 3.8) is 0 Å². The van der Waals surface area contributed by atoms with E-state index in [1.165, 1.54) is 27.9 Å². The highest BCUT2D eigenvalue weighted by Gasteiger charge is 2.14. The number of hydrogen-bond acceptors (Lipinski definition) is 3. The normalized spacial score (nSPS) is 14.8. The lowest BCUT2D eigenvalue weighted by Crippen LogP contribution is -2.37. The van der Waals surface area contributed by atoms with E-state index in [1.54, 1.807) is 0 Å². The minimum atomic E-state index is 0.649. The standard InChI is InChI=1S/C23H32N4O/c1-4-24-23(25-16-20-10-9-18(2)15-19(20)3)26-17-21-7-5-6-8-22(21)27-11-13-28-14-12-27/h5-10,15H,4,11-14,16-17H2,1-3H3,(H2,24,25,26). The SMILES string of the molecule is CCNC(=NCc1ccccc1N1CCOCC1)NCc1ccc(C)cc1C. The topological polar surface area (TPSA) is 48.9 Å². The van der Waals surface area contributed by atoms with Crippen molar-refractivity contribution in [2.24, 2.45) is 4.99 Å². The Bertz CT molecular complexity index is 797. The smallest absolute Gasteiger partial charge is 0.191 e. The van der Waals surface area contributed by atoms with E-state index in [0.717, 1.165) is 45.4 Å². The molecule has 1 aliphatic heterocycles. The van der Waals surface area contributed by atoms with Gasteiger partial charge in [-0.15, -0.1) is 0 Å². The van der Waals surface area contributed by atoms with Gasteiger partial charge in [0.05, 0.1) is 19.8 Å². The summed E-state index contributed by atoms with van der Waals surface area (Å²) >= 11 is 0. The zero-order valence-corrected chi connectivity index (χ0v) is 17.3. The van der Waals surface area contributed by atoms with Gasteiger partial charge in [0.15, 0.2) is 5.96 Å². The van der Waals surface area contributed by atoms with Crippen molar-refractivity contribution in [3.05, 3.63) is 64.7 Å². The molecule has 0 bridgehead atoms. The third kappa shape index (κ3) is 5.49. The Morgan fingerprint density at radius 1 is 1.04 bits per heavy atom. The fourth-order valence-electron chi connectivity index (χ4n) is 3.49. The number of para-hydroxylation sites is 1. The number of hydrogen-bond donors (Lipinski definition) is 2. The van der Waals surface area contributed by atoms with E-state index in [4.69, 9.17) is 9.73 Å². The summed E-state index contributed by atoms with van der Waals surface area (Å²) in [5, 5.41) is 6.83. The molecule has 2 aromatic rings. The molecule has 1 aliphatic rings. The van der Waals surface area contributed by atoms with E-state index in [0.29, 0.717) is 6.54 Å². The zero-order chi connectivity index (χ0) is 19.8. The van der Waals surface area contributed by atoms with Crippen LogP contribution in [0.2, 0.25) is 0 Å². The van der Waals surface area contributed by atoms with E-state index in [1.807, 2.05) is 0 Å². The van der Waals surface area contributed by atoms with Gasteiger partial charge in [-0.2, -0.15) is 0 Å². The summed E-state index contributed by atoms with van der Waals surface area (Å²) in [7, 11) is 0. The summed E-state index contributed by atoms with van der Waals surface area (Å²) in [5.41, 5.74) is 6.40. The lowest BCUT2D eigenvalue weighted by molar-refractivity contribution is 0.122. The molecule has 3 rings (SSSR count). The average molecular weight is 381 g/mol. The summed E-state index contributed by atoms with van der Waals surface area (Å²) in [4.78, 5) is 7.23. The summed E-state index contributed by atoms with van der Waals surface area (Å²) < 4.78 is 5.49. The van der Waals surface area contributed by atoms with E-state index < -0.39 is 0 Å². The lowest BCUT2D eigenvalue weighted by atomic mass is 10.1. The van der Waals surface area contributed by atoms with Crippen LogP contribution in [0.5, 0.6) is 0 Å². The second kappa shape index (κ2) is 10.1. The number of aliphatic imine (C=N–C) groups is 1. The van der Waals surface area contributed by atoms with Crippen LogP contribution in [-0.4, -0.2) is 38.8 Å². The Morgan fingerprint density at radius 3 is 2.57 bits per heavy atom. The van der Waals surface area contributed by atoms with Gasteiger partial charge < -0.3 is 20.3 Å². The van der Waals surface area contributed by atoms with Crippen LogP contribution in [0.25, 0.3) is 0 Å². The van der Waals surface area contributed by atoms with E-state index in [2.05, 4.69) is 78.8 Å². The van der Waals surface area contributed by atoms with Gasteiger partial charge in [0.2, 0.25) is 0 Å². The number of nitrogens with one attached hydrogen (secondary N) is 2. The van der Waals surface area contributed by atoms with Crippen molar-refractivity contribution < 1.29 is 4.74 Å². The van der Waals surface area contributed by atoms with Crippen LogP contribution < -0.4 is 15.5 Å². The summed E-state index contributed by atoms with van der Waals surface area (Å²) in [5.74, 6) is 0.847. The monoisotopic (exact) mass is 380 g/mol. The minimum absolute atomic E-state index is 0.649. The van der Waals surface area contributed by atoms with Gasteiger partial charge in [-0.1, -0.05) is 42.0 Å². The van der Waals surface area contributed by atoms with Gasteiger partial charge in [0.25, 0.3) is 0 Å². The molecule has 0 unspecified atom stereocenters. The molecule has 150 valence electrons. The number of benzene rings is 2. The summed E-state index contributed by atoms with van der Waals surface area (Å²) in [6.07, 6.45) is 0. The average Bonchev–Trinajstić information content (AvgIpc) is 2.72. The van der Waals surface area contributed by atoms with E-state index >= 15 is 0 Å². The molecule has 5 nitrogen and oxygen atoms in total. The van der Waals surface area contributed by atoms with E-state index in [9.17, 15) is 0 Å². The van der Waals surface area contributed by atoms with Crippen molar-refractivity contribution in [2.75, 3.05) is 37.7 Å². The Labute approximate surface area is 168 Å².